The summed E-state index contributed by atoms with van der Waals surface area (Å²) in [6.07, 6.45) is -0.521. The van der Waals surface area contributed by atoms with Gasteiger partial charge in [0.2, 0.25) is 0 Å². The smallest absolute Gasteiger partial charge is 0.262 e. The number of aliphatic hydroxyl groups excluding tert-OH is 1. The van der Waals surface area contributed by atoms with Gasteiger partial charge >= 0.3 is 0 Å². The molecule has 0 saturated heterocycles. The summed E-state index contributed by atoms with van der Waals surface area (Å²) in [6, 6.07) is 13.8. The first kappa shape index (κ1) is 15.4. The molecule has 2 rings (SSSR count). The monoisotopic (exact) mass is 305 g/mol. The Labute approximate surface area is 128 Å². The zero-order chi connectivity index (χ0) is 15.2. The summed E-state index contributed by atoms with van der Waals surface area (Å²) in [5.41, 5.74) is 1.46. The van der Waals surface area contributed by atoms with Crippen molar-refractivity contribution >= 4 is 23.2 Å². The normalized spacial score (nSPS) is 11.8. The number of carbonyl (C=O) groups excluding carboxylic acids is 1. The molecule has 2 aromatic carbocycles. The molecule has 0 aromatic heterocycles. The van der Waals surface area contributed by atoms with E-state index in [0.717, 1.165) is 5.56 Å². The van der Waals surface area contributed by atoms with E-state index < -0.39 is 6.10 Å². The molecule has 21 heavy (non-hydrogen) atoms. The fraction of sp³-hybridized carbons (Fsp3) is 0.188. The van der Waals surface area contributed by atoms with Crippen molar-refractivity contribution in [2.75, 3.05) is 11.9 Å². The van der Waals surface area contributed by atoms with Crippen molar-refractivity contribution in [2.24, 2.45) is 0 Å². The number of amides is 1. The molecular weight excluding hydrogens is 290 g/mol. The highest BCUT2D eigenvalue weighted by Crippen LogP contribution is 2.17. The summed E-state index contributed by atoms with van der Waals surface area (Å²) in [5, 5.41) is 12.7. The molecule has 0 spiro atoms. The zero-order valence-corrected chi connectivity index (χ0v) is 12.3. The largest absolute Gasteiger partial charge is 0.484 e. The summed E-state index contributed by atoms with van der Waals surface area (Å²) in [6.45, 7) is 1.60. The van der Waals surface area contributed by atoms with Gasteiger partial charge in [-0.05, 0) is 48.9 Å². The Balaban J connectivity index is 1.84. The molecule has 0 aliphatic carbocycles. The van der Waals surface area contributed by atoms with Crippen LogP contribution in [0.4, 0.5) is 5.69 Å². The van der Waals surface area contributed by atoms with E-state index in [1.165, 1.54) is 0 Å². The van der Waals surface area contributed by atoms with Crippen LogP contribution < -0.4 is 10.1 Å². The topological polar surface area (TPSA) is 58.6 Å². The molecule has 0 saturated carbocycles. The number of anilines is 1. The Bertz CT molecular complexity index is 594. The lowest BCUT2D eigenvalue weighted by atomic mass is 10.1. The standard InChI is InChI=1S/C16H16ClNO3/c1-11(19)12-2-8-15(9-3-12)21-10-16(20)18-14-6-4-13(17)5-7-14/h2-9,11,19H,10H2,1H3,(H,18,20). The Morgan fingerprint density at radius 1 is 1.19 bits per heavy atom. The van der Waals surface area contributed by atoms with Crippen molar-refractivity contribution in [3.63, 3.8) is 0 Å². The predicted octanol–water partition coefficient (Wildman–Crippen LogP) is 3.41. The van der Waals surface area contributed by atoms with Crippen LogP contribution in [-0.2, 0) is 4.79 Å². The Morgan fingerprint density at radius 3 is 2.38 bits per heavy atom. The van der Waals surface area contributed by atoms with E-state index in [2.05, 4.69) is 5.32 Å². The number of aliphatic hydroxyl groups is 1. The zero-order valence-electron chi connectivity index (χ0n) is 11.5. The lowest BCUT2D eigenvalue weighted by molar-refractivity contribution is -0.118. The van der Waals surface area contributed by atoms with Gasteiger partial charge in [0.1, 0.15) is 5.75 Å². The summed E-state index contributed by atoms with van der Waals surface area (Å²) < 4.78 is 5.38. The minimum Gasteiger partial charge on any atom is -0.484 e. The Kier molecular flexibility index (Phi) is 5.20. The first-order valence-corrected chi connectivity index (χ1v) is 6.88. The molecule has 1 atom stereocenters. The SMILES string of the molecule is CC(O)c1ccc(OCC(=O)Nc2ccc(Cl)cc2)cc1. The Hall–Kier alpha value is -2.04. The van der Waals surface area contributed by atoms with Gasteiger partial charge in [-0.15, -0.1) is 0 Å². The second-order valence-corrected chi connectivity index (χ2v) is 5.03. The number of carbonyl (C=O) groups is 1. The lowest BCUT2D eigenvalue weighted by Crippen LogP contribution is -2.20. The van der Waals surface area contributed by atoms with E-state index in [1.54, 1.807) is 55.5 Å². The third-order valence-electron chi connectivity index (χ3n) is 2.86. The molecule has 0 bridgehead atoms. The van der Waals surface area contributed by atoms with Crippen LogP contribution in [0.3, 0.4) is 0 Å². The summed E-state index contributed by atoms with van der Waals surface area (Å²) in [5.74, 6) is 0.322. The van der Waals surface area contributed by atoms with Crippen molar-refractivity contribution in [3.8, 4) is 5.75 Å². The molecular formula is C16H16ClNO3. The maximum absolute atomic E-state index is 11.7. The van der Waals surface area contributed by atoms with Crippen molar-refractivity contribution in [3.05, 3.63) is 59.1 Å². The number of halogens is 1. The highest BCUT2D eigenvalue weighted by Gasteiger charge is 2.05. The van der Waals surface area contributed by atoms with Crippen LogP contribution in [0.1, 0.15) is 18.6 Å². The number of ether oxygens (including phenoxy) is 1. The number of hydrogen-bond donors (Lipinski definition) is 2. The van der Waals surface area contributed by atoms with Crippen molar-refractivity contribution < 1.29 is 14.6 Å². The van der Waals surface area contributed by atoms with Gasteiger partial charge in [0.05, 0.1) is 6.10 Å². The number of nitrogens with one attached hydrogen (secondary N) is 1. The van der Waals surface area contributed by atoms with E-state index >= 15 is 0 Å². The van der Waals surface area contributed by atoms with E-state index in [-0.39, 0.29) is 12.5 Å². The van der Waals surface area contributed by atoms with Gasteiger partial charge < -0.3 is 15.2 Å². The van der Waals surface area contributed by atoms with Gasteiger partial charge in [0, 0.05) is 10.7 Å². The molecule has 0 aliphatic rings. The molecule has 0 heterocycles. The fourth-order valence-electron chi connectivity index (χ4n) is 1.72. The first-order valence-electron chi connectivity index (χ1n) is 6.51. The maximum Gasteiger partial charge on any atom is 0.262 e. The molecule has 5 heteroatoms. The molecule has 0 fully saturated rings. The number of rotatable bonds is 5. The minimum absolute atomic E-state index is 0.0867. The lowest BCUT2D eigenvalue weighted by Gasteiger charge is -2.09. The van der Waals surface area contributed by atoms with Gasteiger partial charge in [-0.2, -0.15) is 0 Å². The third kappa shape index (κ3) is 4.77. The van der Waals surface area contributed by atoms with Gasteiger partial charge in [-0.3, -0.25) is 4.79 Å². The van der Waals surface area contributed by atoms with Crippen molar-refractivity contribution in [1.29, 1.82) is 0 Å². The average molecular weight is 306 g/mol. The second-order valence-electron chi connectivity index (χ2n) is 4.59. The van der Waals surface area contributed by atoms with Crippen LogP contribution in [0.2, 0.25) is 5.02 Å². The average Bonchev–Trinajstić information content (AvgIpc) is 2.48. The molecule has 0 radical (unpaired) electrons. The molecule has 2 N–H and O–H groups in total. The van der Waals surface area contributed by atoms with Crippen LogP contribution in [-0.4, -0.2) is 17.6 Å². The summed E-state index contributed by atoms with van der Waals surface area (Å²) in [7, 11) is 0. The molecule has 1 amide bonds. The first-order chi connectivity index (χ1) is 10.0. The van der Waals surface area contributed by atoms with Crippen LogP contribution in [0.25, 0.3) is 0 Å². The summed E-state index contributed by atoms with van der Waals surface area (Å²) in [4.78, 5) is 11.7. The van der Waals surface area contributed by atoms with Gasteiger partial charge in [-0.25, -0.2) is 0 Å². The minimum atomic E-state index is -0.521. The van der Waals surface area contributed by atoms with E-state index in [9.17, 15) is 9.90 Å². The molecule has 1 unspecified atom stereocenters. The van der Waals surface area contributed by atoms with E-state index in [0.29, 0.717) is 16.5 Å². The fourth-order valence-corrected chi connectivity index (χ4v) is 1.85. The van der Waals surface area contributed by atoms with Crippen molar-refractivity contribution in [1.82, 2.24) is 0 Å². The van der Waals surface area contributed by atoms with E-state index in [4.69, 9.17) is 16.3 Å². The molecule has 110 valence electrons. The number of hydrogen-bond acceptors (Lipinski definition) is 3. The van der Waals surface area contributed by atoms with Crippen LogP contribution >= 0.6 is 11.6 Å². The van der Waals surface area contributed by atoms with Crippen LogP contribution in [0, 0.1) is 0 Å². The quantitative estimate of drug-likeness (QED) is 0.890. The summed E-state index contributed by atoms with van der Waals surface area (Å²) >= 11 is 5.77. The molecule has 4 nitrogen and oxygen atoms in total. The van der Waals surface area contributed by atoms with Crippen LogP contribution in [0.15, 0.2) is 48.5 Å². The van der Waals surface area contributed by atoms with Gasteiger partial charge in [-0.1, -0.05) is 23.7 Å². The maximum atomic E-state index is 11.7. The highest BCUT2D eigenvalue weighted by atomic mass is 35.5. The second kappa shape index (κ2) is 7.11. The highest BCUT2D eigenvalue weighted by molar-refractivity contribution is 6.30. The van der Waals surface area contributed by atoms with Crippen molar-refractivity contribution in [2.45, 2.75) is 13.0 Å². The Morgan fingerprint density at radius 2 is 1.81 bits per heavy atom. The molecule has 0 aliphatic heterocycles. The predicted molar refractivity (Wildman–Crippen MR) is 82.7 cm³/mol. The third-order valence-corrected chi connectivity index (χ3v) is 3.11. The van der Waals surface area contributed by atoms with Gasteiger partial charge in [0.15, 0.2) is 6.61 Å². The van der Waals surface area contributed by atoms with E-state index in [1.807, 2.05) is 0 Å². The molecule has 2 aromatic rings. The number of benzene rings is 2. The van der Waals surface area contributed by atoms with Crippen LogP contribution in [0.5, 0.6) is 5.75 Å². The van der Waals surface area contributed by atoms with Gasteiger partial charge in [0.25, 0.3) is 5.91 Å².